The van der Waals surface area contributed by atoms with E-state index in [0.717, 1.165) is 0 Å². The SMILES string of the molecule is CN(Cc1cccc([N+](=O)[O-])c1)C(=O)c1cncc(O)c1. The number of amides is 1. The first-order chi connectivity index (χ1) is 9.97. The molecule has 0 atom stereocenters. The third kappa shape index (κ3) is 3.53. The molecule has 0 spiro atoms. The van der Waals surface area contributed by atoms with Crippen molar-refractivity contribution >= 4 is 11.6 Å². The smallest absolute Gasteiger partial charge is 0.269 e. The Hall–Kier alpha value is -2.96. The van der Waals surface area contributed by atoms with Crippen molar-refractivity contribution in [3.63, 3.8) is 0 Å². The van der Waals surface area contributed by atoms with Crippen LogP contribution in [0, 0.1) is 10.1 Å². The summed E-state index contributed by atoms with van der Waals surface area (Å²) in [5, 5.41) is 20.0. The molecule has 0 aliphatic rings. The molecule has 0 saturated carbocycles. The van der Waals surface area contributed by atoms with E-state index in [1.165, 1.54) is 35.5 Å². The minimum Gasteiger partial charge on any atom is -0.506 e. The van der Waals surface area contributed by atoms with Gasteiger partial charge in [0, 0.05) is 31.9 Å². The van der Waals surface area contributed by atoms with Crippen LogP contribution in [-0.4, -0.2) is 32.9 Å². The van der Waals surface area contributed by atoms with E-state index >= 15 is 0 Å². The summed E-state index contributed by atoms with van der Waals surface area (Å²) in [5.41, 5.74) is 0.878. The average Bonchev–Trinajstić information content (AvgIpc) is 2.46. The molecule has 1 aromatic carbocycles. The van der Waals surface area contributed by atoms with Gasteiger partial charge in [0.15, 0.2) is 0 Å². The highest BCUT2D eigenvalue weighted by Crippen LogP contribution is 2.16. The number of nitro groups is 1. The van der Waals surface area contributed by atoms with Gasteiger partial charge in [-0.15, -0.1) is 0 Å². The van der Waals surface area contributed by atoms with Crippen molar-refractivity contribution in [2.24, 2.45) is 0 Å². The van der Waals surface area contributed by atoms with Crippen molar-refractivity contribution in [3.05, 3.63) is 64.0 Å². The fourth-order valence-electron chi connectivity index (χ4n) is 1.88. The fourth-order valence-corrected chi connectivity index (χ4v) is 1.88. The van der Waals surface area contributed by atoms with Crippen molar-refractivity contribution in [1.29, 1.82) is 0 Å². The monoisotopic (exact) mass is 287 g/mol. The maximum Gasteiger partial charge on any atom is 0.269 e. The molecule has 7 nitrogen and oxygen atoms in total. The van der Waals surface area contributed by atoms with Gasteiger partial charge in [0.05, 0.1) is 16.7 Å². The van der Waals surface area contributed by atoms with Crippen molar-refractivity contribution in [2.75, 3.05) is 7.05 Å². The molecule has 0 bridgehead atoms. The van der Waals surface area contributed by atoms with Gasteiger partial charge in [0.2, 0.25) is 0 Å². The standard InChI is InChI=1S/C14H13N3O4/c1-16(14(19)11-6-13(18)8-15-7-11)9-10-3-2-4-12(5-10)17(20)21/h2-8,18H,9H2,1H3. The van der Waals surface area contributed by atoms with Crippen LogP contribution in [0.2, 0.25) is 0 Å². The molecule has 1 heterocycles. The highest BCUT2D eigenvalue weighted by molar-refractivity contribution is 5.94. The number of nitro benzene ring substituents is 1. The first-order valence-corrected chi connectivity index (χ1v) is 6.10. The van der Waals surface area contributed by atoms with E-state index in [1.807, 2.05) is 0 Å². The molecular formula is C14H13N3O4. The Kier molecular flexibility index (Phi) is 4.13. The van der Waals surface area contributed by atoms with Crippen molar-refractivity contribution in [2.45, 2.75) is 6.54 Å². The molecule has 7 heteroatoms. The predicted octanol–water partition coefficient (Wildman–Crippen LogP) is 1.97. The minimum absolute atomic E-state index is 0.0210. The number of rotatable bonds is 4. The average molecular weight is 287 g/mol. The zero-order chi connectivity index (χ0) is 15.4. The van der Waals surface area contributed by atoms with Gasteiger partial charge in [0.1, 0.15) is 5.75 Å². The second-order valence-electron chi connectivity index (χ2n) is 4.52. The Bertz CT molecular complexity index is 687. The summed E-state index contributed by atoms with van der Waals surface area (Å²) >= 11 is 0. The van der Waals surface area contributed by atoms with E-state index in [1.54, 1.807) is 19.2 Å². The number of hydrogen-bond acceptors (Lipinski definition) is 5. The summed E-state index contributed by atoms with van der Waals surface area (Å²) in [6.07, 6.45) is 2.59. The van der Waals surface area contributed by atoms with Gasteiger partial charge in [0.25, 0.3) is 11.6 Å². The number of non-ortho nitro benzene ring substituents is 1. The van der Waals surface area contributed by atoms with E-state index in [2.05, 4.69) is 4.98 Å². The largest absolute Gasteiger partial charge is 0.506 e. The molecule has 0 fully saturated rings. The van der Waals surface area contributed by atoms with Gasteiger partial charge >= 0.3 is 0 Å². The van der Waals surface area contributed by atoms with Gasteiger partial charge in [-0.05, 0) is 11.6 Å². The second kappa shape index (κ2) is 6.00. The lowest BCUT2D eigenvalue weighted by atomic mass is 10.1. The van der Waals surface area contributed by atoms with E-state index in [4.69, 9.17) is 0 Å². The zero-order valence-electron chi connectivity index (χ0n) is 11.3. The van der Waals surface area contributed by atoms with Gasteiger partial charge in [-0.3, -0.25) is 19.9 Å². The van der Waals surface area contributed by atoms with Crippen LogP contribution in [0.15, 0.2) is 42.7 Å². The van der Waals surface area contributed by atoms with Crippen molar-refractivity contribution in [3.8, 4) is 5.75 Å². The zero-order valence-corrected chi connectivity index (χ0v) is 11.3. The third-order valence-electron chi connectivity index (χ3n) is 2.86. The molecule has 2 aromatic rings. The summed E-state index contributed by atoms with van der Waals surface area (Å²) in [6.45, 7) is 0.218. The molecule has 1 aromatic heterocycles. The van der Waals surface area contributed by atoms with E-state index in [9.17, 15) is 20.0 Å². The van der Waals surface area contributed by atoms with Crippen molar-refractivity contribution in [1.82, 2.24) is 9.88 Å². The normalized spacial score (nSPS) is 10.1. The number of carbonyl (C=O) groups excluding carboxylic acids is 1. The molecule has 1 N–H and O–H groups in total. The van der Waals surface area contributed by atoms with E-state index in [0.29, 0.717) is 5.56 Å². The van der Waals surface area contributed by atoms with Crippen molar-refractivity contribution < 1.29 is 14.8 Å². The summed E-state index contributed by atoms with van der Waals surface area (Å²) < 4.78 is 0. The second-order valence-corrected chi connectivity index (χ2v) is 4.52. The maximum atomic E-state index is 12.2. The number of nitrogens with zero attached hydrogens (tertiary/aromatic N) is 3. The summed E-state index contributed by atoms with van der Waals surface area (Å²) in [4.78, 5) is 27.5. The lowest BCUT2D eigenvalue weighted by Gasteiger charge is -2.17. The van der Waals surface area contributed by atoms with Crippen LogP contribution >= 0.6 is 0 Å². The van der Waals surface area contributed by atoms with Crippen LogP contribution in [0.3, 0.4) is 0 Å². The Labute approximate surface area is 120 Å². The highest BCUT2D eigenvalue weighted by Gasteiger charge is 2.14. The number of pyridine rings is 1. The fraction of sp³-hybridized carbons (Fsp3) is 0.143. The lowest BCUT2D eigenvalue weighted by molar-refractivity contribution is -0.384. The van der Waals surface area contributed by atoms with Crippen LogP contribution < -0.4 is 0 Å². The van der Waals surface area contributed by atoms with Gasteiger partial charge in [-0.2, -0.15) is 0 Å². The molecule has 0 radical (unpaired) electrons. The van der Waals surface area contributed by atoms with Crippen LogP contribution in [0.1, 0.15) is 15.9 Å². The number of hydrogen-bond donors (Lipinski definition) is 1. The van der Waals surface area contributed by atoms with E-state index < -0.39 is 4.92 Å². The lowest BCUT2D eigenvalue weighted by Crippen LogP contribution is -2.26. The quantitative estimate of drug-likeness (QED) is 0.685. The molecule has 2 rings (SSSR count). The van der Waals surface area contributed by atoms with Gasteiger partial charge in [-0.25, -0.2) is 0 Å². The molecule has 0 saturated heterocycles. The van der Waals surface area contributed by atoms with Crippen LogP contribution in [0.4, 0.5) is 5.69 Å². The van der Waals surface area contributed by atoms with Gasteiger partial charge in [-0.1, -0.05) is 12.1 Å². The Morgan fingerprint density at radius 1 is 1.38 bits per heavy atom. The Morgan fingerprint density at radius 2 is 2.14 bits per heavy atom. The predicted molar refractivity (Wildman–Crippen MR) is 74.8 cm³/mol. The Balaban J connectivity index is 2.14. The molecule has 0 aliphatic heterocycles. The van der Waals surface area contributed by atoms with E-state index in [-0.39, 0.29) is 29.5 Å². The highest BCUT2D eigenvalue weighted by atomic mass is 16.6. The number of carbonyl (C=O) groups is 1. The first-order valence-electron chi connectivity index (χ1n) is 6.10. The Morgan fingerprint density at radius 3 is 2.81 bits per heavy atom. The van der Waals surface area contributed by atoms with Crippen LogP contribution in [0.5, 0.6) is 5.75 Å². The number of aromatic nitrogens is 1. The molecule has 21 heavy (non-hydrogen) atoms. The first kappa shape index (κ1) is 14.4. The van der Waals surface area contributed by atoms with Crippen LogP contribution in [0.25, 0.3) is 0 Å². The third-order valence-corrected chi connectivity index (χ3v) is 2.86. The maximum absolute atomic E-state index is 12.2. The summed E-state index contributed by atoms with van der Waals surface area (Å²) in [6, 6.07) is 7.41. The van der Waals surface area contributed by atoms with Gasteiger partial charge < -0.3 is 10.0 Å². The topological polar surface area (TPSA) is 96.6 Å². The number of benzene rings is 1. The molecule has 108 valence electrons. The number of aromatic hydroxyl groups is 1. The minimum atomic E-state index is -0.482. The molecular weight excluding hydrogens is 274 g/mol. The molecule has 0 unspecified atom stereocenters. The summed E-state index contributed by atoms with van der Waals surface area (Å²) in [5.74, 6) is -0.422. The van der Waals surface area contributed by atoms with Crippen LogP contribution in [-0.2, 0) is 6.54 Å². The summed E-state index contributed by atoms with van der Waals surface area (Å²) in [7, 11) is 1.57. The molecule has 1 amide bonds. The molecule has 0 aliphatic carbocycles.